The van der Waals surface area contributed by atoms with Gasteiger partial charge in [-0.05, 0) is 11.6 Å². The number of ether oxygens (including phenoxy) is 3. The maximum Gasteiger partial charge on any atom is 0.290 e. The van der Waals surface area contributed by atoms with E-state index in [1.54, 1.807) is 0 Å². The molecule has 0 aliphatic carbocycles. The molecule has 4 nitrogen and oxygen atoms in total. The largest absolute Gasteiger partial charge is 0.326 e. The predicted molar refractivity (Wildman–Crippen MR) is 76.2 cm³/mol. The minimum atomic E-state index is -1.16. The van der Waals surface area contributed by atoms with Crippen molar-refractivity contribution in [1.82, 2.24) is 0 Å². The second kappa shape index (κ2) is 5.22. The van der Waals surface area contributed by atoms with Gasteiger partial charge in [0.15, 0.2) is 0 Å². The fourth-order valence-corrected chi connectivity index (χ4v) is 2.84. The lowest BCUT2D eigenvalue weighted by molar-refractivity contribution is -0.463. The first-order chi connectivity index (χ1) is 9.50. The average Bonchev–Trinajstić information content (AvgIpc) is 2.43. The van der Waals surface area contributed by atoms with Crippen molar-refractivity contribution in [2.24, 2.45) is 5.41 Å². The van der Waals surface area contributed by atoms with Crippen molar-refractivity contribution < 1.29 is 19.0 Å². The Morgan fingerprint density at radius 1 is 1.20 bits per heavy atom. The Morgan fingerprint density at radius 3 is 2.40 bits per heavy atom. The van der Waals surface area contributed by atoms with Crippen molar-refractivity contribution in [3.63, 3.8) is 0 Å². The van der Waals surface area contributed by atoms with Crippen LogP contribution in [0.3, 0.4) is 0 Å². The van der Waals surface area contributed by atoms with Crippen LogP contribution < -0.4 is 0 Å². The molecule has 0 saturated carbocycles. The standard InChI is InChI=1S/C15H17BrO4/c1-14-8-18-15(19-9-14,20-10-14)7-12(17)6-11-4-2-3-5-13(11)16/h2-5H,6-10H2,1H3. The van der Waals surface area contributed by atoms with Crippen molar-refractivity contribution in [2.45, 2.75) is 25.7 Å². The summed E-state index contributed by atoms with van der Waals surface area (Å²) in [5.74, 6) is -1.11. The number of hydrogen-bond donors (Lipinski definition) is 0. The first-order valence-electron chi connectivity index (χ1n) is 6.67. The Labute approximate surface area is 126 Å². The summed E-state index contributed by atoms with van der Waals surface area (Å²) in [5, 5.41) is 0. The zero-order valence-electron chi connectivity index (χ0n) is 11.4. The van der Waals surface area contributed by atoms with E-state index >= 15 is 0 Å². The van der Waals surface area contributed by atoms with Gasteiger partial charge < -0.3 is 14.2 Å². The Kier molecular flexibility index (Phi) is 3.71. The summed E-state index contributed by atoms with van der Waals surface area (Å²) in [4.78, 5) is 12.2. The molecule has 5 heteroatoms. The number of fused-ring (bicyclic) bond motifs is 3. The van der Waals surface area contributed by atoms with Gasteiger partial charge in [0.25, 0.3) is 5.97 Å². The second-order valence-corrected chi connectivity index (χ2v) is 6.70. The van der Waals surface area contributed by atoms with Crippen LogP contribution in [0.5, 0.6) is 0 Å². The predicted octanol–water partition coefficient (Wildman–Crippen LogP) is 2.69. The highest BCUT2D eigenvalue weighted by molar-refractivity contribution is 9.10. The molecule has 0 N–H and O–H groups in total. The van der Waals surface area contributed by atoms with E-state index in [0.29, 0.717) is 26.2 Å². The number of carbonyl (C=O) groups is 1. The molecule has 0 aromatic heterocycles. The minimum absolute atomic E-state index is 0.0439. The molecule has 0 unspecified atom stereocenters. The van der Waals surface area contributed by atoms with E-state index in [1.165, 1.54) is 0 Å². The third kappa shape index (κ3) is 2.81. The van der Waals surface area contributed by atoms with Gasteiger partial charge in [-0.2, -0.15) is 0 Å². The van der Waals surface area contributed by atoms with Crippen LogP contribution in [0, 0.1) is 5.41 Å². The van der Waals surface area contributed by atoms with Crippen LogP contribution in [-0.4, -0.2) is 31.6 Å². The number of ketones is 1. The highest BCUT2D eigenvalue weighted by Crippen LogP contribution is 2.40. The Bertz CT molecular complexity index is 504. The van der Waals surface area contributed by atoms with E-state index in [9.17, 15) is 4.79 Å². The fraction of sp³-hybridized carbons (Fsp3) is 0.533. The first-order valence-corrected chi connectivity index (χ1v) is 7.47. The maximum absolute atomic E-state index is 12.2. The van der Waals surface area contributed by atoms with Crippen LogP contribution in [0.4, 0.5) is 0 Å². The molecule has 0 amide bonds. The van der Waals surface area contributed by atoms with E-state index in [0.717, 1.165) is 10.0 Å². The van der Waals surface area contributed by atoms with Gasteiger partial charge in [-0.15, -0.1) is 0 Å². The topological polar surface area (TPSA) is 44.8 Å². The Hall–Kier alpha value is -0.750. The molecule has 0 spiro atoms. The van der Waals surface area contributed by atoms with Crippen molar-refractivity contribution in [3.05, 3.63) is 34.3 Å². The summed E-state index contributed by atoms with van der Waals surface area (Å²) in [6.07, 6.45) is 0.473. The second-order valence-electron chi connectivity index (χ2n) is 5.84. The normalized spacial score (nSPS) is 32.3. The summed E-state index contributed by atoms with van der Waals surface area (Å²) < 4.78 is 17.8. The first kappa shape index (κ1) is 14.2. The smallest absolute Gasteiger partial charge is 0.290 e. The minimum Gasteiger partial charge on any atom is -0.326 e. The molecular weight excluding hydrogens is 324 g/mol. The fourth-order valence-electron chi connectivity index (χ4n) is 2.41. The molecule has 3 aliphatic rings. The molecule has 108 valence electrons. The van der Waals surface area contributed by atoms with E-state index in [1.807, 2.05) is 24.3 Å². The maximum atomic E-state index is 12.2. The van der Waals surface area contributed by atoms with Gasteiger partial charge in [-0.1, -0.05) is 41.1 Å². The molecule has 0 atom stereocenters. The number of benzene rings is 1. The van der Waals surface area contributed by atoms with Crippen molar-refractivity contribution in [3.8, 4) is 0 Å². The summed E-state index contributed by atoms with van der Waals surface area (Å²) in [5.41, 5.74) is 0.887. The summed E-state index contributed by atoms with van der Waals surface area (Å²) in [7, 11) is 0. The highest BCUT2D eigenvalue weighted by atomic mass is 79.9. The Balaban J connectivity index is 1.64. The van der Waals surface area contributed by atoms with E-state index in [2.05, 4.69) is 22.9 Å². The number of halogens is 1. The third-order valence-electron chi connectivity index (χ3n) is 3.68. The van der Waals surface area contributed by atoms with Crippen LogP contribution in [0.2, 0.25) is 0 Å². The molecule has 2 bridgehead atoms. The van der Waals surface area contributed by atoms with Crippen LogP contribution in [0.1, 0.15) is 18.9 Å². The quantitative estimate of drug-likeness (QED) is 0.845. The monoisotopic (exact) mass is 340 g/mol. The number of carbonyl (C=O) groups excluding carboxylic acids is 1. The average molecular weight is 341 g/mol. The van der Waals surface area contributed by atoms with Crippen molar-refractivity contribution in [1.29, 1.82) is 0 Å². The van der Waals surface area contributed by atoms with Gasteiger partial charge in [0.05, 0.1) is 26.2 Å². The third-order valence-corrected chi connectivity index (χ3v) is 4.45. The van der Waals surface area contributed by atoms with Crippen molar-refractivity contribution in [2.75, 3.05) is 19.8 Å². The molecule has 3 fully saturated rings. The highest BCUT2D eigenvalue weighted by Gasteiger charge is 2.51. The van der Waals surface area contributed by atoms with Crippen LogP contribution in [0.25, 0.3) is 0 Å². The number of Topliss-reactive ketones (excluding diaryl/α,β-unsaturated/α-hetero) is 1. The molecule has 3 aliphatic heterocycles. The van der Waals surface area contributed by atoms with E-state index in [4.69, 9.17) is 14.2 Å². The van der Waals surface area contributed by atoms with Crippen LogP contribution in [-0.2, 0) is 25.4 Å². The summed E-state index contributed by atoms with van der Waals surface area (Å²) in [6.45, 7) is 3.79. The molecular formula is C15H17BrO4. The van der Waals surface area contributed by atoms with Crippen LogP contribution >= 0.6 is 15.9 Å². The number of rotatable bonds is 4. The Morgan fingerprint density at radius 2 is 1.80 bits per heavy atom. The lowest BCUT2D eigenvalue weighted by atomic mass is 9.91. The van der Waals surface area contributed by atoms with E-state index in [-0.39, 0.29) is 17.6 Å². The molecule has 4 rings (SSSR count). The van der Waals surface area contributed by atoms with Gasteiger partial charge in [-0.3, -0.25) is 4.79 Å². The van der Waals surface area contributed by atoms with Gasteiger partial charge >= 0.3 is 0 Å². The molecule has 0 radical (unpaired) electrons. The van der Waals surface area contributed by atoms with Gasteiger partial charge in [0.1, 0.15) is 5.78 Å². The van der Waals surface area contributed by atoms with Gasteiger partial charge in [0.2, 0.25) is 0 Å². The number of hydrogen-bond acceptors (Lipinski definition) is 4. The van der Waals surface area contributed by atoms with Gasteiger partial charge in [-0.25, -0.2) is 0 Å². The SMILES string of the molecule is CC12COC(CC(=O)Cc3ccccc3Br)(OC1)OC2. The lowest BCUT2D eigenvalue weighted by Crippen LogP contribution is -2.59. The molecule has 20 heavy (non-hydrogen) atoms. The molecule has 1 aromatic rings. The summed E-state index contributed by atoms with van der Waals surface area (Å²) in [6, 6.07) is 7.70. The van der Waals surface area contributed by atoms with Crippen LogP contribution in [0.15, 0.2) is 28.7 Å². The van der Waals surface area contributed by atoms with Crippen molar-refractivity contribution >= 4 is 21.7 Å². The zero-order valence-corrected chi connectivity index (χ0v) is 12.9. The van der Waals surface area contributed by atoms with E-state index < -0.39 is 5.97 Å². The zero-order chi connectivity index (χ0) is 14.2. The lowest BCUT2D eigenvalue weighted by Gasteiger charge is -2.50. The summed E-state index contributed by atoms with van der Waals surface area (Å²) >= 11 is 3.45. The molecule has 1 aromatic carbocycles. The van der Waals surface area contributed by atoms with Gasteiger partial charge in [0, 0.05) is 16.3 Å². The molecule has 3 heterocycles. The molecule has 3 saturated heterocycles.